The second-order valence-corrected chi connectivity index (χ2v) is 16.7. The first kappa shape index (κ1) is 40.3. The second kappa shape index (κ2) is 18.2. The van der Waals surface area contributed by atoms with Crippen molar-refractivity contribution in [3.63, 3.8) is 0 Å². The van der Waals surface area contributed by atoms with E-state index in [4.69, 9.17) is 0 Å². The van der Waals surface area contributed by atoms with Gasteiger partial charge in [0.25, 0.3) is 5.56 Å². The van der Waals surface area contributed by atoms with Crippen molar-refractivity contribution in [3.05, 3.63) is 101 Å². The number of pyridine rings is 1. The summed E-state index contributed by atoms with van der Waals surface area (Å²) < 4.78 is 31.8. The summed E-state index contributed by atoms with van der Waals surface area (Å²) in [6.45, 7) is 2.86. The molecule has 4 aliphatic rings. The predicted octanol–water partition coefficient (Wildman–Crippen LogP) is 6.32. The highest BCUT2D eigenvalue weighted by Crippen LogP contribution is 2.34. The zero-order valence-corrected chi connectivity index (χ0v) is 33.2. The number of aromatic nitrogens is 3. The molecule has 2 aliphatic heterocycles. The molecule has 4 heterocycles. The van der Waals surface area contributed by atoms with Gasteiger partial charge in [0.1, 0.15) is 17.6 Å². The molecule has 0 spiro atoms. The molecular weight excluding hydrogens is 755 g/mol. The Hall–Kier alpha value is -5.50. The fourth-order valence-corrected chi connectivity index (χ4v) is 9.41. The molecule has 8 rings (SSSR count). The number of amides is 3. The van der Waals surface area contributed by atoms with Gasteiger partial charge in [0, 0.05) is 60.2 Å². The Balaban J connectivity index is 0.769. The van der Waals surface area contributed by atoms with Gasteiger partial charge in [-0.05, 0) is 125 Å². The number of nitrogens with zero attached hydrogens (tertiary/aromatic N) is 4. The average molecular weight is 807 g/mol. The van der Waals surface area contributed by atoms with Crippen LogP contribution in [0.1, 0.15) is 88.5 Å². The van der Waals surface area contributed by atoms with Crippen molar-refractivity contribution in [2.24, 2.45) is 11.8 Å². The molecule has 3 amide bonds. The number of rotatable bonds is 11. The van der Waals surface area contributed by atoms with Crippen molar-refractivity contribution in [1.29, 1.82) is 0 Å². The third-order valence-electron chi connectivity index (χ3n) is 12.7. The van der Waals surface area contributed by atoms with Crippen molar-refractivity contribution < 1.29 is 23.2 Å². The topological polar surface area (TPSA) is 150 Å². The van der Waals surface area contributed by atoms with Crippen LogP contribution in [0.25, 0.3) is 16.9 Å². The molecule has 310 valence electrons. The van der Waals surface area contributed by atoms with Crippen molar-refractivity contribution in [3.8, 4) is 16.9 Å². The molecule has 2 aliphatic carbocycles. The maximum Gasteiger partial charge on any atom is 0.255 e. The molecule has 2 saturated carbocycles. The summed E-state index contributed by atoms with van der Waals surface area (Å²) in [4.78, 5) is 60.7. The van der Waals surface area contributed by atoms with Crippen LogP contribution >= 0.6 is 0 Å². The predicted molar refractivity (Wildman–Crippen MR) is 221 cm³/mol. The zero-order chi connectivity index (χ0) is 40.9. The quantitative estimate of drug-likeness (QED) is 0.128. The number of likely N-dealkylation sites (tertiary alicyclic amines) is 1. The second-order valence-electron chi connectivity index (χ2n) is 16.7. The summed E-state index contributed by atoms with van der Waals surface area (Å²) in [5.74, 6) is -0.479. The number of hydrogen-bond donors (Lipinski definition) is 4. The van der Waals surface area contributed by atoms with Crippen molar-refractivity contribution >= 4 is 29.4 Å². The van der Waals surface area contributed by atoms with Crippen molar-refractivity contribution in [2.45, 2.75) is 101 Å². The molecule has 14 heteroatoms. The summed E-state index contributed by atoms with van der Waals surface area (Å²) >= 11 is 0. The minimum Gasteiger partial charge on any atom is -0.374 e. The lowest BCUT2D eigenvalue weighted by molar-refractivity contribution is -0.133. The first-order valence-electron chi connectivity index (χ1n) is 21.1. The zero-order valence-electron chi connectivity index (χ0n) is 33.2. The van der Waals surface area contributed by atoms with Gasteiger partial charge < -0.3 is 20.9 Å². The van der Waals surface area contributed by atoms with Crippen LogP contribution in [0.2, 0.25) is 0 Å². The number of carbonyl (C=O) groups is 3. The molecule has 4 aromatic rings. The molecule has 59 heavy (non-hydrogen) atoms. The van der Waals surface area contributed by atoms with Crippen LogP contribution in [0.3, 0.4) is 0 Å². The number of piperidine rings is 2. The number of benzene rings is 2. The largest absolute Gasteiger partial charge is 0.374 e. The fourth-order valence-electron chi connectivity index (χ4n) is 9.41. The molecule has 12 nitrogen and oxygen atoms in total. The van der Waals surface area contributed by atoms with Gasteiger partial charge in [-0.15, -0.1) is 0 Å². The lowest BCUT2D eigenvalue weighted by atomic mass is 9.82. The summed E-state index contributed by atoms with van der Waals surface area (Å²) in [5.41, 5.74) is 2.34. The molecular formula is C45H52F2N8O4. The van der Waals surface area contributed by atoms with E-state index in [1.54, 1.807) is 42.6 Å². The number of halogens is 2. The highest BCUT2D eigenvalue weighted by Gasteiger charge is 2.32. The van der Waals surface area contributed by atoms with E-state index < -0.39 is 11.9 Å². The van der Waals surface area contributed by atoms with Crippen LogP contribution in [-0.2, 0) is 14.4 Å². The van der Waals surface area contributed by atoms with Gasteiger partial charge in [0.2, 0.25) is 23.7 Å². The Labute approximate surface area is 342 Å². The number of anilines is 2. The maximum atomic E-state index is 15.2. The van der Waals surface area contributed by atoms with Crippen molar-refractivity contribution in [2.75, 3.05) is 30.3 Å². The molecule has 3 atom stereocenters. The molecule has 0 bridgehead atoms. The van der Waals surface area contributed by atoms with Crippen LogP contribution in [0.5, 0.6) is 0 Å². The Morgan fingerprint density at radius 1 is 0.831 bits per heavy atom. The normalized spacial score (nSPS) is 24.3. The number of hydrogen-bond acceptors (Lipinski definition) is 9. The molecule has 2 aromatic heterocycles. The molecule has 4 N–H and O–H groups in total. The van der Waals surface area contributed by atoms with Gasteiger partial charge in [-0.25, -0.2) is 18.7 Å². The summed E-state index contributed by atoms with van der Waals surface area (Å²) in [6, 6.07) is 16.7. The van der Waals surface area contributed by atoms with Gasteiger partial charge in [0.15, 0.2) is 5.82 Å². The van der Waals surface area contributed by atoms with Crippen molar-refractivity contribution in [1.82, 2.24) is 30.1 Å². The lowest BCUT2D eigenvalue weighted by Gasteiger charge is -2.37. The van der Waals surface area contributed by atoms with Crippen LogP contribution < -0.4 is 26.8 Å². The molecule has 1 unspecified atom stereocenters. The third-order valence-corrected chi connectivity index (χ3v) is 12.7. The van der Waals surface area contributed by atoms with Gasteiger partial charge in [-0.1, -0.05) is 30.7 Å². The van der Waals surface area contributed by atoms with E-state index in [0.29, 0.717) is 47.2 Å². The minimum absolute atomic E-state index is 0.0234. The van der Waals surface area contributed by atoms with E-state index in [2.05, 4.69) is 36.1 Å². The molecule has 2 saturated heterocycles. The Kier molecular flexibility index (Phi) is 12.4. The van der Waals surface area contributed by atoms with E-state index in [1.807, 2.05) is 12.1 Å². The fraction of sp³-hybridized carbons (Fsp3) is 0.467. The maximum absolute atomic E-state index is 15.2. The highest BCUT2D eigenvalue weighted by atomic mass is 19.1. The molecule has 2 aromatic carbocycles. The van der Waals surface area contributed by atoms with Crippen LogP contribution in [0.4, 0.5) is 20.4 Å². The van der Waals surface area contributed by atoms with E-state index in [1.165, 1.54) is 16.7 Å². The van der Waals surface area contributed by atoms with E-state index in [-0.39, 0.29) is 65.1 Å². The Morgan fingerprint density at radius 2 is 1.66 bits per heavy atom. The first-order valence-corrected chi connectivity index (χ1v) is 21.1. The molecule has 4 fully saturated rings. The van der Waals surface area contributed by atoms with Crippen LogP contribution in [0.15, 0.2) is 77.9 Å². The SMILES string of the molecule is O=C1CCC(Nc2ccc(C3CCN(CC4CCC(NC(=O)[C@H]5CCC[C@H](Nc6ncc(F)c(-c7cccc(-n8ccccc8=O)c7)n6)C5)CC4)CC3)c(F)c2)C(=O)N1. The van der Waals surface area contributed by atoms with Gasteiger partial charge >= 0.3 is 0 Å². The van der Waals surface area contributed by atoms with Gasteiger partial charge in [0.05, 0.1) is 6.20 Å². The minimum atomic E-state index is -0.563. The average Bonchev–Trinajstić information content (AvgIpc) is 3.24. The third kappa shape index (κ3) is 9.86. The first-order chi connectivity index (χ1) is 28.6. The van der Waals surface area contributed by atoms with Crippen LogP contribution in [0, 0.1) is 23.5 Å². The number of carbonyl (C=O) groups excluding carboxylic acids is 3. The number of imide groups is 1. The smallest absolute Gasteiger partial charge is 0.255 e. The monoisotopic (exact) mass is 806 g/mol. The standard InChI is InChI=1S/C45H52F2N8O4/c46-37-25-34(49-39-16-17-40(56)52-44(39)59)14-15-36(37)29-18-21-54(22-19-29)27-28-10-12-32(13-11-28)50-43(58)31-6-3-7-33(23-31)51-45-48-26-38(47)42(53-45)30-5-4-8-35(24-30)55-20-2-1-9-41(55)57/h1-2,4-5,8-9,14-15,20,24-26,28-29,31-33,39,49H,3,6-7,10-13,16-19,21-23,27H2,(H,50,58)(H,48,51,53)(H,52,56,59)/t28?,31-,32?,33-,39?/m0/s1. The Bertz CT molecular complexity index is 2220. The number of nitrogens with one attached hydrogen (secondary N) is 4. The summed E-state index contributed by atoms with van der Waals surface area (Å²) in [7, 11) is 0. The summed E-state index contributed by atoms with van der Waals surface area (Å²) in [5, 5.41) is 12.1. The lowest BCUT2D eigenvalue weighted by Crippen LogP contribution is -2.47. The van der Waals surface area contributed by atoms with E-state index in [9.17, 15) is 19.2 Å². The highest BCUT2D eigenvalue weighted by molar-refractivity contribution is 6.01. The van der Waals surface area contributed by atoms with Crippen LogP contribution in [-0.4, -0.2) is 74.9 Å². The Morgan fingerprint density at radius 3 is 2.44 bits per heavy atom. The summed E-state index contributed by atoms with van der Waals surface area (Å²) in [6.07, 6.45) is 12.5. The molecule has 0 radical (unpaired) electrons. The van der Waals surface area contributed by atoms with Gasteiger partial charge in [-0.3, -0.25) is 29.1 Å². The van der Waals surface area contributed by atoms with E-state index >= 15 is 8.78 Å². The van der Waals surface area contributed by atoms with Gasteiger partial charge in [-0.2, -0.15) is 0 Å². The van der Waals surface area contributed by atoms with E-state index in [0.717, 1.165) is 83.6 Å².